The Bertz CT molecular complexity index is 1500. The molecule has 1 aliphatic carbocycles. The number of nitrogens with one attached hydrogen (secondary N) is 1. The maximum Gasteiger partial charge on any atom is 1.00 e. The molecular formula is C28H22N3NaO4. The van der Waals surface area contributed by atoms with E-state index in [1.807, 2.05) is 66.7 Å². The third-order valence-corrected chi connectivity index (χ3v) is 6.25. The number of amides is 1. The van der Waals surface area contributed by atoms with Gasteiger partial charge in [0.15, 0.2) is 0 Å². The van der Waals surface area contributed by atoms with Gasteiger partial charge in [0, 0.05) is 18.0 Å². The number of aryl methyl sites for hydroxylation is 1. The summed E-state index contributed by atoms with van der Waals surface area (Å²) in [4.78, 5) is 23.8. The van der Waals surface area contributed by atoms with Crippen LogP contribution in [-0.4, -0.2) is 21.8 Å². The number of carbonyl (C=O) groups is 2. The number of hydrogen-bond donors (Lipinski definition) is 1. The second kappa shape index (κ2) is 10.6. The van der Waals surface area contributed by atoms with Crippen LogP contribution in [0.25, 0.3) is 10.8 Å². The first-order chi connectivity index (χ1) is 16.9. The molecule has 8 heteroatoms. The van der Waals surface area contributed by atoms with Crippen LogP contribution >= 0.6 is 0 Å². The van der Waals surface area contributed by atoms with Crippen molar-refractivity contribution in [3.05, 3.63) is 95.2 Å². The predicted octanol–water partition coefficient (Wildman–Crippen LogP) is 0.507. The molecule has 1 fully saturated rings. The summed E-state index contributed by atoms with van der Waals surface area (Å²) < 4.78 is 6.82. The summed E-state index contributed by atoms with van der Waals surface area (Å²) in [6.07, 6.45) is 2.23. The van der Waals surface area contributed by atoms with Gasteiger partial charge < -0.3 is 14.6 Å². The van der Waals surface area contributed by atoms with Crippen molar-refractivity contribution >= 4 is 28.7 Å². The minimum Gasteiger partial charge on any atom is -0.549 e. The molecule has 5 rings (SSSR count). The van der Waals surface area contributed by atoms with Gasteiger partial charge in [-0.3, -0.25) is 10.00 Å². The van der Waals surface area contributed by atoms with E-state index in [-0.39, 0.29) is 36.2 Å². The number of aliphatic carboxylic acids is 1. The van der Waals surface area contributed by atoms with Crippen LogP contribution in [0.1, 0.15) is 35.1 Å². The molecule has 1 aromatic heterocycles. The topological polar surface area (TPSA) is 96.3 Å². The fourth-order valence-corrected chi connectivity index (χ4v) is 4.03. The van der Waals surface area contributed by atoms with Crippen LogP contribution in [0.3, 0.4) is 0 Å². The van der Waals surface area contributed by atoms with E-state index in [9.17, 15) is 14.7 Å². The van der Waals surface area contributed by atoms with Crippen LogP contribution in [0.5, 0.6) is 0 Å². The molecule has 1 saturated carbocycles. The molecule has 7 nitrogen and oxygen atoms in total. The number of anilines is 1. The first-order valence-corrected chi connectivity index (χ1v) is 11.2. The summed E-state index contributed by atoms with van der Waals surface area (Å²) in [6, 6.07) is 20.9. The van der Waals surface area contributed by atoms with Gasteiger partial charge in [-0.1, -0.05) is 66.4 Å². The Hall–Kier alpha value is -3.57. The largest absolute Gasteiger partial charge is 1.00 e. The Labute approximate surface area is 230 Å². The van der Waals surface area contributed by atoms with Gasteiger partial charge in [-0.15, -0.1) is 0 Å². The maximum absolute atomic E-state index is 12.3. The summed E-state index contributed by atoms with van der Waals surface area (Å²) in [6.45, 7) is 0.161. The Kier molecular flexibility index (Phi) is 7.51. The summed E-state index contributed by atoms with van der Waals surface area (Å²) in [7, 11) is 1.71. The average Bonchev–Trinajstić information content (AvgIpc) is 3.62. The van der Waals surface area contributed by atoms with E-state index in [4.69, 9.17) is 4.74 Å². The maximum atomic E-state index is 12.3. The normalized spacial score (nSPS) is 13.1. The van der Waals surface area contributed by atoms with E-state index in [2.05, 4.69) is 22.3 Å². The molecule has 174 valence electrons. The minimum atomic E-state index is -1.01. The molecule has 36 heavy (non-hydrogen) atoms. The Balaban J connectivity index is 0.00000304. The number of benzene rings is 3. The van der Waals surface area contributed by atoms with Crippen molar-refractivity contribution in [3.63, 3.8) is 0 Å². The van der Waals surface area contributed by atoms with Gasteiger partial charge in [0.2, 0.25) is 0 Å². The third kappa shape index (κ3) is 5.31. The van der Waals surface area contributed by atoms with Gasteiger partial charge in [-0.25, -0.2) is 4.79 Å². The second-order valence-electron chi connectivity index (χ2n) is 8.61. The standard InChI is InChI=1S/C28H23N3O4.Na/c1-31-25(30-27(34)35-18-20-5-3-2-4-6-20)23(17-29-31)10-8-19-7-9-22-16-24(12-11-21(22)15-19)28(13-14-28)26(32)33;/h2-7,9,11-12,15-17H,13-14,18H2,1H3,(H,30,34)(H,32,33);/q;+1/p-1. The molecule has 1 heterocycles. The van der Waals surface area contributed by atoms with Crippen molar-refractivity contribution in [1.82, 2.24) is 9.78 Å². The number of ether oxygens (including phenoxy) is 1. The van der Waals surface area contributed by atoms with Crippen molar-refractivity contribution in [2.45, 2.75) is 24.9 Å². The van der Waals surface area contributed by atoms with E-state index >= 15 is 0 Å². The number of carbonyl (C=O) groups excluding carboxylic acids is 2. The quantitative estimate of drug-likeness (QED) is 0.327. The van der Waals surface area contributed by atoms with Crippen LogP contribution in [0, 0.1) is 11.8 Å². The van der Waals surface area contributed by atoms with E-state index in [1.54, 1.807) is 13.2 Å². The number of fused-ring (bicyclic) bond motifs is 1. The van der Waals surface area contributed by atoms with Gasteiger partial charge in [-0.05, 0) is 46.9 Å². The number of hydrogen-bond acceptors (Lipinski definition) is 5. The van der Waals surface area contributed by atoms with E-state index in [0.29, 0.717) is 24.2 Å². The molecule has 1 N–H and O–H groups in total. The van der Waals surface area contributed by atoms with Crippen LogP contribution < -0.4 is 40.0 Å². The summed E-state index contributed by atoms with van der Waals surface area (Å²) in [5.41, 5.74) is 2.19. The Morgan fingerprint density at radius 3 is 2.50 bits per heavy atom. The van der Waals surface area contributed by atoms with Crippen LogP contribution in [0.4, 0.5) is 10.6 Å². The third-order valence-electron chi connectivity index (χ3n) is 6.25. The monoisotopic (exact) mass is 487 g/mol. The molecule has 1 amide bonds. The minimum absolute atomic E-state index is 0. The first kappa shape index (κ1) is 25.5. The second-order valence-corrected chi connectivity index (χ2v) is 8.61. The smallest absolute Gasteiger partial charge is 0.549 e. The van der Waals surface area contributed by atoms with E-state index in [1.165, 1.54) is 4.68 Å². The molecule has 3 aromatic carbocycles. The summed E-state index contributed by atoms with van der Waals surface area (Å²) >= 11 is 0. The van der Waals surface area contributed by atoms with Crippen molar-refractivity contribution < 1.29 is 49.0 Å². The number of carboxylic acid groups (broad SMARTS) is 1. The van der Waals surface area contributed by atoms with Crippen LogP contribution in [0.2, 0.25) is 0 Å². The van der Waals surface area contributed by atoms with Crippen LogP contribution in [0.15, 0.2) is 72.9 Å². The molecule has 0 bridgehead atoms. The van der Waals surface area contributed by atoms with Crippen molar-refractivity contribution in [2.24, 2.45) is 7.05 Å². The summed E-state index contributed by atoms with van der Waals surface area (Å²) in [5.74, 6) is 5.61. The molecule has 0 spiro atoms. The Morgan fingerprint density at radius 1 is 1.06 bits per heavy atom. The van der Waals surface area contributed by atoms with Gasteiger partial charge >= 0.3 is 35.7 Å². The predicted molar refractivity (Wildman–Crippen MR) is 129 cm³/mol. The van der Waals surface area contributed by atoms with Gasteiger partial charge in [0.25, 0.3) is 0 Å². The van der Waals surface area contributed by atoms with Gasteiger partial charge in [0.05, 0.1) is 17.7 Å². The zero-order valence-electron chi connectivity index (χ0n) is 20.1. The van der Waals surface area contributed by atoms with E-state index in [0.717, 1.165) is 27.5 Å². The SMILES string of the molecule is Cn1ncc(C#Cc2ccc3cc(C4(C(=O)[O-])CC4)ccc3c2)c1NC(=O)OCc1ccccc1.[Na+]. The van der Waals surface area contributed by atoms with Crippen LogP contribution in [-0.2, 0) is 28.6 Å². The fraction of sp³-hybridized carbons (Fsp3) is 0.179. The fourth-order valence-electron chi connectivity index (χ4n) is 4.03. The van der Waals surface area contributed by atoms with Gasteiger partial charge in [0.1, 0.15) is 12.4 Å². The molecular weight excluding hydrogens is 465 g/mol. The number of nitrogens with zero attached hydrogens (tertiary/aromatic N) is 2. The zero-order chi connectivity index (χ0) is 24.4. The molecule has 4 aromatic rings. The molecule has 0 aliphatic heterocycles. The van der Waals surface area contributed by atoms with E-state index < -0.39 is 17.5 Å². The number of rotatable bonds is 5. The average molecular weight is 487 g/mol. The van der Waals surface area contributed by atoms with Gasteiger partial charge in [-0.2, -0.15) is 5.10 Å². The number of carboxylic acids is 1. The van der Waals surface area contributed by atoms with Crippen molar-refractivity contribution in [1.29, 1.82) is 0 Å². The van der Waals surface area contributed by atoms with Crippen molar-refractivity contribution in [2.75, 3.05) is 5.32 Å². The number of aromatic nitrogens is 2. The molecule has 1 aliphatic rings. The summed E-state index contributed by atoms with van der Waals surface area (Å²) in [5, 5.41) is 20.3. The Morgan fingerprint density at radius 2 is 1.78 bits per heavy atom. The molecule has 0 saturated heterocycles. The van der Waals surface area contributed by atoms with Crippen molar-refractivity contribution in [3.8, 4) is 11.8 Å². The first-order valence-electron chi connectivity index (χ1n) is 11.2. The molecule has 0 unspecified atom stereocenters. The molecule has 0 radical (unpaired) electrons. The molecule has 0 atom stereocenters. The zero-order valence-corrected chi connectivity index (χ0v) is 22.1.